The summed E-state index contributed by atoms with van der Waals surface area (Å²) in [4.78, 5) is 0.0303. The second-order valence-electron chi connectivity index (χ2n) is 5.58. The number of hydrogen-bond donors (Lipinski definition) is 0. The molecule has 0 radical (unpaired) electrons. The maximum absolute atomic E-state index is 12.3. The van der Waals surface area contributed by atoms with Crippen molar-refractivity contribution >= 4 is 18.4 Å². The van der Waals surface area contributed by atoms with E-state index in [1.807, 2.05) is 34.6 Å². The predicted molar refractivity (Wildman–Crippen MR) is 84.7 cm³/mol. The van der Waals surface area contributed by atoms with Gasteiger partial charge in [0.1, 0.15) is 4.90 Å². The molecule has 126 valence electrons. The molecule has 0 aromatic heterocycles. The van der Waals surface area contributed by atoms with Crippen molar-refractivity contribution in [2.75, 3.05) is 7.11 Å². The zero-order valence-corrected chi connectivity index (χ0v) is 15.5. The summed E-state index contributed by atoms with van der Waals surface area (Å²) in [7, 11) is -6.04. The third-order valence-corrected chi connectivity index (χ3v) is 5.06. The molecule has 0 aliphatic heterocycles. The normalized spacial score (nSPS) is 13.8. The van der Waals surface area contributed by atoms with Crippen molar-refractivity contribution in [3.8, 4) is 0 Å². The van der Waals surface area contributed by atoms with E-state index in [0.29, 0.717) is 5.56 Å². The van der Waals surface area contributed by atoms with Gasteiger partial charge in [0.15, 0.2) is 0 Å². The van der Waals surface area contributed by atoms with Gasteiger partial charge in [-0.3, -0.25) is 4.57 Å². The molecule has 1 aromatic rings. The van der Waals surface area contributed by atoms with E-state index in [1.165, 1.54) is 6.07 Å². The summed E-state index contributed by atoms with van der Waals surface area (Å²) in [6, 6.07) is 3.22. The van der Waals surface area contributed by atoms with E-state index in [-0.39, 0.29) is 16.7 Å². The van der Waals surface area contributed by atoms with Gasteiger partial charge in [-0.05, 0) is 41.5 Å². The SMILES string of the molecule is CO[PH](=O)OOS(=O)(=O)c1ccc(C)c(C(C)C)c1C(C)C. The molecule has 8 heteroatoms. The molecule has 0 fully saturated rings. The highest BCUT2D eigenvalue weighted by Crippen LogP contribution is 2.36. The van der Waals surface area contributed by atoms with Crippen LogP contribution in [-0.2, 0) is 28.2 Å². The molecule has 1 rings (SSSR count). The summed E-state index contributed by atoms with van der Waals surface area (Å²) in [6.45, 7) is 9.78. The largest absolute Gasteiger partial charge is 0.348 e. The molecule has 22 heavy (non-hydrogen) atoms. The Balaban J connectivity index is 3.41. The van der Waals surface area contributed by atoms with Crippen LogP contribution in [-0.4, -0.2) is 15.5 Å². The van der Waals surface area contributed by atoms with Crippen molar-refractivity contribution in [3.05, 3.63) is 28.8 Å². The minimum absolute atomic E-state index is 0.0230. The fourth-order valence-electron chi connectivity index (χ4n) is 2.45. The Morgan fingerprint density at radius 2 is 1.59 bits per heavy atom. The molecule has 0 N–H and O–H groups in total. The Kier molecular flexibility index (Phi) is 6.77. The van der Waals surface area contributed by atoms with Crippen LogP contribution in [0.1, 0.15) is 56.2 Å². The molecule has 0 heterocycles. The molecule has 1 unspecified atom stereocenters. The zero-order valence-electron chi connectivity index (χ0n) is 13.7. The number of rotatable bonds is 7. The highest BCUT2D eigenvalue weighted by atomic mass is 32.2. The lowest BCUT2D eigenvalue weighted by molar-refractivity contribution is -0.0962. The van der Waals surface area contributed by atoms with Crippen LogP contribution in [0.2, 0.25) is 0 Å². The zero-order chi connectivity index (χ0) is 17.1. The van der Waals surface area contributed by atoms with Crippen molar-refractivity contribution in [2.24, 2.45) is 0 Å². The second-order valence-corrected chi connectivity index (χ2v) is 8.14. The van der Waals surface area contributed by atoms with Crippen LogP contribution in [0.15, 0.2) is 17.0 Å². The first kappa shape index (κ1) is 19.3. The van der Waals surface area contributed by atoms with Crippen molar-refractivity contribution < 1.29 is 26.5 Å². The highest BCUT2D eigenvalue weighted by Gasteiger charge is 2.27. The van der Waals surface area contributed by atoms with Crippen molar-refractivity contribution in [1.82, 2.24) is 0 Å². The fraction of sp³-hybridized carbons (Fsp3) is 0.571. The molecular formula is C14H23O6PS. The van der Waals surface area contributed by atoms with Gasteiger partial charge >= 0.3 is 18.4 Å². The van der Waals surface area contributed by atoms with Gasteiger partial charge in [-0.1, -0.05) is 38.1 Å². The van der Waals surface area contributed by atoms with Crippen LogP contribution in [0.3, 0.4) is 0 Å². The lowest BCUT2D eigenvalue weighted by Gasteiger charge is -2.21. The number of hydrogen-bond acceptors (Lipinski definition) is 6. The van der Waals surface area contributed by atoms with Gasteiger partial charge < -0.3 is 4.52 Å². The summed E-state index contributed by atoms with van der Waals surface area (Å²) in [6.07, 6.45) is 0. The fourth-order valence-corrected chi connectivity index (χ4v) is 4.02. The van der Waals surface area contributed by atoms with Gasteiger partial charge in [-0.25, -0.2) is 0 Å². The summed E-state index contributed by atoms with van der Waals surface area (Å²) in [5.74, 6) is 0.136. The average molecular weight is 350 g/mol. The highest BCUT2D eigenvalue weighted by molar-refractivity contribution is 7.86. The number of aryl methyl sites for hydroxylation is 1. The Morgan fingerprint density at radius 3 is 2.05 bits per heavy atom. The molecule has 6 nitrogen and oxygen atoms in total. The lowest BCUT2D eigenvalue weighted by Crippen LogP contribution is -2.13. The molecule has 0 aliphatic carbocycles. The molecule has 0 amide bonds. The molecule has 0 spiro atoms. The van der Waals surface area contributed by atoms with Gasteiger partial charge in [0.25, 0.3) is 0 Å². The van der Waals surface area contributed by atoms with Crippen LogP contribution in [0.4, 0.5) is 0 Å². The van der Waals surface area contributed by atoms with Crippen molar-refractivity contribution in [3.63, 3.8) is 0 Å². The smallest absolute Gasteiger partial charge is 0.312 e. The number of benzene rings is 1. The lowest BCUT2D eigenvalue weighted by atomic mass is 9.87. The van der Waals surface area contributed by atoms with E-state index in [9.17, 15) is 13.0 Å². The molecule has 1 atom stereocenters. The molecule has 0 saturated heterocycles. The molecule has 0 saturated carbocycles. The monoisotopic (exact) mass is 350 g/mol. The minimum Gasteiger partial charge on any atom is -0.312 e. The summed E-state index contributed by atoms with van der Waals surface area (Å²) in [5.41, 5.74) is 2.68. The Bertz CT molecular complexity index is 652. The van der Waals surface area contributed by atoms with Crippen LogP contribution in [0.25, 0.3) is 0 Å². The topological polar surface area (TPSA) is 78.9 Å². The first-order valence-corrected chi connectivity index (χ1v) is 9.57. The van der Waals surface area contributed by atoms with Gasteiger partial charge in [0.05, 0.1) is 0 Å². The molecular weight excluding hydrogens is 327 g/mol. The maximum atomic E-state index is 12.3. The standard InChI is InChI=1S/C14H23O6PS/c1-9(2)13-11(5)7-8-12(14(13)10(3)4)22(16,17)20-19-21(15)18-6/h7-10,21H,1-6H3. The van der Waals surface area contributed by atoms with Gasteiger partial charge in [0, 0.05) is 7.11 Å². The molecule has 1 aromatic carbocycles. The minimum atomic E-state index is -4.19. The summed E-state index contributed by atoms with van der Waals surface area (Å²) < 4.78 is 48.9. The van der Waals surface area contributed by atoms with Crippen molar-refractivity contribution in [1.29, 1.82) is 0 Å². The third-order valence-electron chi connectivity index (χ3n) is 3.25. The van der Waals surface area contributed by atoms with Gasteiger partial charge in [0.2, 0.25) is 0 Å². The van der Waals surface area contributed by atoms with E-state index in [4.69, 9.17) is 0 Å². The van der Waals surface area contributed by atoms with Gasteiger partial charge in [-0.15, -0.1) is 4.67 Å². The van der Waals surface area contributed by atoms with E-state index < -0.39 is 18.4 Å². The van der Waals surface area contributed by atoms with E-state index in [1.54, 1.807) is 6.07 Å². The summed E-state index contributed by atoms with van der Waals surface area (Å²) >= 11 is 0. The molecule has 0 bridgehead atoms. The maximum Gasteiger partial charge on any atom is 0.348 e. The van der Waals surface area contributed by atoms with Crippen LogP contribution in [0, 0.1) is 6.92 Å². The van der Waals surface area contributed by atoms with E-state index in [0.717, 1.165) is 18.2 Å². The quantitative estimate of drug-likeness (QED) is 0.421. The van der Waals surface area contributed by atoms with Gasteiger partial charge in [-0.2, -0.15) is 8.42 Å². The van der Waals surface area contributed by atoms with Crippen LogP contribution < -0.4 is 0 Å². The van der Waals surface area contributed by atoms with Crippen molar-refractivity contribution in [2.45, 2.75) is 51.3 Å². The van der Waals surface area contributed by atoms with E-state index in [2.05, 4.69) is 13.5 Å². The third kappa shape index (κ3) is 4.40. The second kappa shape index (κ2) is 7.70. The first-order valence-electron chi connectivity index (χ1n) is 6.94. The first-order chi connectivity index (χ1) is 10.1. The molecule has 0 aliphatic rings. The van der Waals surface area contributed by atoms with Crippen LogP contribution in [0.5, 0.6) is 0 Å². The Hall–Kier alpha value is -0.720. The Labute approximate surface area is 132 Å². The average Bonchev–Trinajstić information content (AvgIpc) is 2.43. The summed E-state index contributed by atoms with van der Waals surface area (Å²) in [5, 5.41) is 0. The van der Waals surface area contributed by atoms with E-state index >= 15 is 0 Å². The predicted octanol–water partition coefficient (Wildman–Crippen LogP) is 3.91. The Morgan fingerprint density at radius 1 is 1.05 bits per heavy atom. The van der Waals surface area contributed by atoms with Crippen LogP contribution >= 0.6 is 8.25 Å².